The van der Waals surface area contributed by atoms with Crippen LogP contribution >= 0.6 is 11.8 Å². The van der Waals surface area contributed by atoms with Gasteiger partial charge in [0.15, 0.2) is 11.0 Å². The summed E-state index contributed by atoms with van der Waals surface area (Å²) in [6, 6.07) is 22.7. The molecule has 0 saturated heterocycles. The molecule has 204 valence electrons. The molecule has 0 aliphatic heterocycles. The van der Waals surface area contributed by atoms with Crippen molar-refractivity contribution in [3.63, 3.8) is 0 Å². The highest BCUT2D eigenvalue weighted by molar-refractivity contribution is 7.99. The number of nitro benzene ring substituents is 1. The summed E-state index contributed by atoms with van der Waals surface area (Å²) in [5.74, 6) is 0.429. The molecule has 0 unspecified atom stereocenters. The molecule has 1 heterocycles. The van der Waals surface area contributed by atoms with E-state index < -0.39 is 4.92 Å². The molecule has 0 saturated carbocycles. The monoisotopic (exact) mass is 554 g/mol. The molecule has 9 nitrogen and oxygen atoms in total. The molecule has 3 aromatic carbocycles. The molecule has 0 radical (unpaired) electrons. The van der Waals surface area contributed by atoms with Gasteiger partial charge in [-0.1, -0.05) is 86.6 Å². The van der Waals surface area contributed by atoms with Crippen LogP contribution in [0.25, 0.3) is 23.2 Å². The van der Waals surface area contributed by atoms with Gasteiger partial charge in [-0.3, -0.25) is 19.5 Å². The predicted octanol–water partition coefficient (Wildman–Crippen LogP) is 6.36. The first-order valence-corrected chi connectivity index (χ1v) is 13.6. The number of aryl methyl sites for hydroxylation is 1. The number of aromatic nitrogens is 3. The molecule has 10 heteroatoms. The third-order valence-corrected chi connectivity index (χ3v) is 6.96. The van der Waals surface area contributed by atoms with Crippen LogP contribution in [-0.4, -0.2) is 37.6 Å². The molecule has 1 amide bonds. The summed E-state index contributed by atoms with van der Waals surface area (Å²) in [4.78, 5) is 23.1. The number of hydrogen-bond acceptors (Lipinski definition) is 7. The summed E-state index contributed by atoms with van der Waals surface area (Å²) in [5, 5.41) is 24.5. The van der Waals surface area contributed by atoms with Crippen LogP contribution in [0.5, 0.6) is 0 Å². The number of nitrogens with one attached hydrogen (secondary N) is 1. The zero-order valence-corrected chi connectivity index (χ0v) is 23.6. The maximum atomic E-state index is 12.5. The van der Waals surface area contributed by atoms with E-state index in [0.717, 1.165) is 16.8 Å². The number of hydrogen-bond donors (Lipinski definition) is 1. The molecule has 40 heavy (non-hydrogen) atoms. The van der Waals surface area contributed by atoms with Crippen molar-refractivity contribution in [3.05, 3.63) is 106 Å². The predicted molar refractivity (Wildman–Crippen MR) is 160 cm³/mol. The Balaban J connectivity index is 1.47. The van der Waals surface area contributed by atoms with Gasteiger partial charge in [-0.05, 0) is 48.3 Å². The number of benzene rings is 3. The number of nitrogens with zero attached hydrogens (tertiary/aromatic N) is 5. The van der Waals surface area contributed by atoms with E-state index in [1.807, 2.05) is 47.9 Å². The maximum absolute atomic E-state index is 12.5. The highest BCUT2D eigenvalue weighted by Crippen LogP contribution is 2.30. The molecule has 4 rings (SSSR count). The van der Waals surface area contributed by atoms with E-state index in [2.05, 4.69) is 53.6 Å². The Morgan fingerprint density at radius 3 is 2.42 bits per heavy atom. The number of allylic oxidation sites excluding steroid dienone is 1. The number of hydrazone groups is 1. The van der Waals surface area contributed by atoms with Crippen molar-refractivity contribution in [2.75, 3.05) is 5.75 Å². The van der Waals surface area contributed by atoms with Crippen molar-refractivity contribution in [2.24, 2.45) is 5.10 Å². The van der Waals surface area contributed by atoms with Crippen molar-refractivity contribution < 1.29 is 9.72 Å². The number of carbonyl (C=O) groups excluding carboxylic acids is 1. The van der Waals surface area contributed by atoms with E-state index in [0.29, 0.717) is 16.5 Å². The quantitative estimate of drug-likeness (QED) is 0.111. The average molecular weight is 555 g/mol. The summed E-state index contributed by atoms with van der Waals surface area (Å²) >= 11 is 1.25. The van der Waals surface area contributed by atoms with E-state index in [1.54, 1.807) is 24.3 Å². The number of thioether (sulfide) groups is 1. The Kier molecular flexibility index (Phi) is 8.90. The van der Waals surface area contributed by atoms with E-state index in [9.17, 15) is 14.9 Å². The van der Waals surface area contributed by atoms with Crippen LogP contribution in [0.3, 0.4) is 0 Å². The number of rotatable bonds is 9. The first-order chi connectivity index (χ1) is 19.1. The Labute approximate surface area is 237 Å². The van der Waals surface area contributed by atoms with Gasteiger partial charge in [0.2, 0.25) is 0 Å². The lowest BCUT2D eigenvalue weighted by molar-refractivity contribution is -0.385. The Morgan fingerprint density at radius 2 is 1.75 bits per heavy atom. The molecular formula is C30H30N6O3S. The van der Waals surface area contributed by atoms with Crippen molar-refractivity contribution in [1.29, 1.82) is 0 Å². The second kappa shape index (κ2) is 12.5. The molecule has 1 aromatic heterocycles. The Bertz CT molecular complexity index is 1550. The zero-order chi connectivity index (χ0) is 28.7. The van der Waals surface area contributed by atoms with Gasteiger partial charge in [-0.2, -0.15) is 5.10 Å². The van der Waals surface area contributed by atoms with Gasteiger partial charge in [-0.25, -0.2) is 5.43 Å². The molecule has 0 aliphatic rings. The highest BCUT2D eigenvalue weighted by atomic mass is 32.2. The first-order valence-electron chi connectivity index (χ1n) is 12.6. The summed E-state index contributed by atoms with van der Waals surface area (Å²) in [7, 11) is 0. The second-order valence-corrected chi connectivity index (χ2v) is 11.0. The minimum absolute atomic E-state index is 0.00483. The van der Waals surface area contributed by atoms with E-state index >= 15 is 0 Å². The normalized spacial score (nSPS) is 11.8. The van der Waals surface area contributed by atoms with Crippen molar-refractivity contribution in [2.45, 2.75) is 38.3 Å². The van der Waals surface area contributed by atoms with Gasteiger partial charge < -0.3 is 0 Å². The van der Waals surface area contributed by atoms with Crippen LogP contribution in [-0.2, 0) is 10.2 Å². The van der Waals surface area contributed by atoms with E-state index in [-0.39, 0.29) is 22.8 Å². The van der Waals surface area contributed by atoms with Crippen molar-refractivity contribution >= 4 is 35.6 Å². The van der Waals surface area contributed by atoms with Crippen LogP contribution in [0.4, 0.5) is 5.69 Å². The van der Waals surface area contributed by atoms with Gasteiger partial charge in [-0.15, -0.1) is 10.2 Å². The molecule has 0 atom stereocenters. The largest absolute Gasteiger partial charge is 0.276 e. The van der Waals surface area contributed by atoms with Gasteiger partial charge in [0.05, 0.1) is 16.2 Å². The number of nitro groups is 1. The van der Waals surface area contributed by atoms with Crippen LogP contribution in [0, 0.1) is 17.0 Å². The number of para-hydroxylation sites is 1. The summed E-state index contributed by atoms with van der Waals surface area (Å²) in [5.41, 5.74) is 7.12. The van der Waals surface area contributed by atoms with E-state index in [4.69, 9.17) is 0 Å². The second-order valence-electron chi connectivity index (χ2n) is 10.1. The lowest BCUT2D eigenvalue weighted by atomic mass is 9.87. The molecule has 0 spiro atoms. The van der Waals surface area contributed by atoms with Crippen LogP contribution < -0.4 is 5.43 Å². The lowest BCUT2D eigenvalue weighted by Gasteiger charge is -2.19. The number of carbonyl (C=O) groups is 1. The molecule has 0 fully saturated rings. The average Bonchev–Trinajstić information content (AvgIpc) is 3.36. The van der Waals surface area contributed by atoms with Crippen LogP contribution in [0.1, 0.15) is 37.5 Å². The number of amides is 1. The maximum Gasteiger partial charge on any atom is 0.276 e. The molecule has 0 aliphatic carbocycles. The summed E-state index contributed by atoms with van der Waals surface area (Å²) in [6.07, 6.45) is 4.45. The fraction of sp³-hybridized carbons (Fsp3) is 0.200. The molecule has 4 aromatic rings. The standard InChI is InChI=1S/C30H30N6O3S/c1-21-11-17-25(18-12-21)35-28(23-13-15-24(16-14-23)30(2,3)4)33-34-29(35)40-20-27(37)32-31-19-7-9-22-8-5-6-10-26(22)36(38)39/h5-19H,20H2,1-4H3,(H,32,37)/b9-7+,31-19+. The van der Waals surface area contributed by atoms with Crippen LogP contribution in [0.2, 0.25) is 0 Å². The van der Waals surface area contributed by atoms with Crippen LogP contribution in [0.15, 0.2) is 89.1 Å². The van der Waals surface area contributed by atoms with Gasteiger partial charge >= 0.3 is 0 Å². The Morgan fingerprint density at radius 1 is 1.05 bits per heavy atom. The minimum Gasteiger partial charge on any atom is -0.272 e. The van der Waals surface area contributed by atoms with Crippen molar-refractivity contribution in [1.82, 2.24) is 20.2 Å². The van der Waals surface area contributed by atoms with E-state index in [1.165, 1.54) is 35.7 Å². The summed E-state index contributed by atoms with van der Waals surface area (Å²) in [6.45, 7) is 8.55. The first kappa shape index (κ1) is 28.4. The highest BCUT2D eigenvalue weighted by Gasteiger charge is 2.19. The molecular weight excluding hydrogens is 524 g/mol. The smallest absolute Gasteiger partial charge is 0.272 e. The van der Waals surface area contributed by atoms with Crippen molar-refractivity contribution in [3.8, 4) is 17.1 Å². The SMILES string of the molecule is Cc1ccc(-n2c(SCC(=O)N/N=C/C=C/c3ccccc3[N+](=O)[O-])nnc2-c2ccc(C(C)(C)C)cc2)cc1. The van der Waals surface area contributed by atoms with Gasteiger partial charge in [0.25, 0.3) is 11.6 Å². The summed E-state index contributed by atoms with van der Waals surface area (Å²) < 4.78 is 1.95. The Hall–Kier alpha value is -4.57. The minimum atomic E-state index is -0.447. The third-order valence-electron chi connectivity index (χ3n) is 6.03. The molecule has 0 bridgehead atoms. The zero-order valence-electron chi connectivity index (χ0n) is 22.7. The topological polar surface area (TPSA) is 115 Å². The van der Waals surface area contributed by atoms with Gasteiger partial charge in [0.1, 0.15) is 0 Å². The third kappa shape index (κ3) is 7.09. The fourth-order valence-electron chi connectivity index (χ4n) is 3.85. The fourth-order valence-corrected chi connectivity index (χ4v) is 4.60. The lowest BCUT2D eigenvalue weighted by Crippen LogP contribution is -2.19. The molecule has 1 N–H and O–H groups in total. The van der Waals surface area contributed by atoms with Gasteiger partial charge in [0, 0.05) is 23.5 Å².